The molecule has 0 saturated heterocycles. The van der Waals surface area contributed by atoms with E-state index in [0.717, 1.165) is 24.2 Å². The molecule has 1 N–H and O–H groups in total. The molecule has 1 amide bonds. The molecule has 22 heavy (non-hydrogen) atoms. The standard InChI is InChI=1S/C18H24N2O2/c1-12(2)14-6-5-13(3)16(9-14)22-10-17(21)20-18(4,11-19)15-7-8-15/h5-6,9,12,15H,7-8,10H2,1-4H3,(H,20,21). The van der Waals surface area contributed by atoms with Gasteiger partial charge in [-0.05, 0) is 55.7 Å². The molecule has 0 heterocycles. The molecule has 0 radical (unpaired) electrons. The number of carbonyl (C=O) groups is 1. The van der Waals surface area contributed by atoms with Gasteiger partial charge in [-0.3, -0.25) is 4.79 Å². The molecule has 4 nitrogen and oxygen atoms in total. The van der Waals surface area contributed by atoms with Crippen molar-refractivity contribution in [3.05, 3.63) is 29.3 Å². The summed E-state index contributed by atoms with van der Waals surface area (Å²) in [5.41, 5.74) is 1.42. The van der Waals surface area contributed by atoms with Gasteiger partial charge >= 0.3 is 0 Å². The third kappa shape index (κ3) is 3.79. The number of nitrogens with one attached hydrogen (secondary N) is 1. The molecule has 4 heteroatoms. The van der Waals surface area contributed by atoms with Gasteiger partial charge in [-0.25, -0.2) is 0 Å². The lowest BCUT2D eigenvalue weighted by Gasteiger charge is -2.23. The normalized spacial score (nSPS) is 16.7. The predicted octanol–water partition coefficient (Wildman–Crippen LogP) is 3.31. The van der Waals surface area contributed by atoms with Gasteiger partial charge in [0, 0.05) is 0 Å². The zero-order valence-electron chi connectivity index (χ0n) is 13.8. The van der Waals surface area contributed by atoms with Gasteiger partial charge in [-0.1, -0.05) is 26.0 Å². The minimum absolute atomic E-state index is 0.0631. The van der Waals surface area contributed by atoms with Gasteiger partial charge in [0.1, 0.15) is 11.3 Å². The van der Waals surface area contributed by atoms with Crippen molar-refractivity contribution in [2.75, 3.05) is 6.61 Å². The van der Waals surface area contributed by atoms with E-state index in [-0.39, 0.29) is 18.4 Å². The van der Waals surface area contributed by atoms with E-state index in [0.29, 0.717) is 5.92 Å². The van der Waals surface area contributed by atoms with Crippen LogP contribution in [-0.2, 0) is 4.79 Å². The minimum Gasteiger partial charge on any atom is -0.483 e. The van der Waals surface area contributed by atoms with Crippen LogP contribution in [0.1, 0.15) is 50.7 Å². The number of hydrogen-bond acceptors (Lipinski definition) is 3. The first-order valence-corrected chi connectivity index (χ1v) is 7.81. The van der Waals surface area contributed by atoms with E-state index in [1.165, 1.54) is 5.56 Å². The highest BCUT2D eigenvalue weighted by Gasteiger charge is 2.43. The molecule has 0 bridgehead atoms. The summed E-state index contributed by atoms with van der Waals surface area (Å²) in [6.45, 7) is 7.92. The molecule has 0 aromatic heterocycles. The van der Waals surface area contributed by atoms with Crippen LogP contribution >= 0.6 is 0 Å². The number of nitrogens with zero attached hydrogens (tertiary/aromatic N) is 1. The van der Waals surface area contributed by atoms with Crippen molar-refractivity contribution >= 4 is 5.91 Å². The van der Waals surface area contributed by atoms with Crippen LogP contribution in [0.15, 0.2) is 18.2 Å². The highest BCUT2D eigenvalue weighted by molar-refractivity contribution is 5.79. The fourth-order valence-corrected chi connectivity index (χ4v) is 2.48. The summed E-state index contributed by atoms with van der Waals surface area (Å²) in [5.74, 6) is 1.16. The second kappa shape index (κ2) is 6.39. The summed E-state index contributed by atoms with van der Waals surface area (Å²) in [4.78, 5) is 12.1. The first-order chi connectivity index (χ1) is 10.4. The molecule has 0 spiro atoms. The topological polar surface area (TPSA) is 62.1 Å². The highest BCUT2D eigenvalue weighted by Crippen LogP contribution is 2.39. The second-order valence-corrected chi connectivity index (χ2v) is 6.60. The Morgan fingerprint density at radius 3 is 2.73 bits per heavy atom. The number of nitriles is 1. The number of benzene rings is 1. The summed E-state index contributed by atoms with van der Waals surface area (Å²) in [6.07, 6.45) is 2.00. The highest BCUT2D eigenvalue weighted by atomic mass is 16.5. The number of amides is 1. The Kier molecular flexibility index (Phi) is 4.75. The minimum atomic E-state index is -0.769. The van der Waals surface area contributed by atoms with Gasteiger partial charge in [0.15, 0.2) is 6.61 Å². The molecule has 2 rings (SSSR count). The van der Waals surface area contributed by atoms with E-state index in [2.05, 4.69) is 31.3 Å². The third-order valence-electron chi connectivity index (χ3n) is 4.26. The lowest BCUT2D eigenvalue weighted by molar-refractivity contribution is -0.124. The van der Waals surface area contributed by atoms with Crippen molar-refractivity contribution in [2.24, 2.45) is 5.92 Å². The zero-order chi connectivity index (χ0) is 16.3. The Balaban J connectivity index is 1.96. The molecule has 0 aliphatic heterocycles. The van der Waals surface area contributed by atoms with Gasteiger partial charge in [-0.2, -0.15) is 5.26 Å². The van der Waals surface area contributed by atoms with Crippen molar-refractivity contribution < 1.29 is 9.53 Å². The molecular formula is C18H24N2O2. The molecule has 1 aliphatic carbocycles. The van der Waals surface area contributed by atoms with Crippen molar-refractivity contribution in [3.63, 3.8) is 0 Å². The average Bonchev–Trinajstić information content (AvgIpc) is 3.31. The largest absolute Gasteiger partial charge is 0.483 e. The molecule has 1 atom stereocenters. The molecule has 1 aromatic carbocycles. The molecule has 1 aliphatic rings. The van der Waals surface area contributed by atoms with Crippen LogP contribution in [-0.4, -0.2) is 18.1 Å². The maximum absolute atomic E-state index is 12.1. The van der Waals surface area contributed by atoms with Crippen molar-refractivity contribution in [1.29, 1.82) is 5.26 Å². The van der Waals surface area contributed by atoms with Crippen molar-refractivity contribution in [1.82, 2.24) is 5.32 Å². The predicted molar refractivity (Wildman–Crippen MR) is 85.6 cm³/mol. The average molecular weight is 300 g/mol. The molecular weight excluding hydrogens is 276 g/mol. The van der Waals surface area contributed by atoms with Gasteiger partial charge in [0.2, 0.25) is 0 Å². The zero-order valence-corrected chi connectivity index (χ0v) is 13.8. The first-order valence-electron chi connectivity index (χ1n) is 7.81. The summed E-state index contributed by atoms with van der Waals surface area (Å²) in [5, 5.41) is 12.1. The van der Waals surface area contributed by atoms with Crippen molar-refractivity contribution in [3.8, 4) is 11.8 Å². The number of carbonyl (C=O) groups excluding carboxylic acids is 1. The fourth-order valence-electron chi connectivity index (χ4n) is 2.48. The Labute approximate surface area is 132 Å². The van der Waals surface area contributed by atoms with Gasteiger partial charge in [0.25, 0.3) is 5.91 Å². The van der Waals surface area contributed by atoms with E-state index in [1.54, 1.807) is 6.92 Å². The van der Waals surface area contributed by atoms with Crippen LogP contribution in [0.3, 0.4) is 0 Å². The van der Waals surface area contributed by atoms with E-state index < -0.39 is 5.54 Å². The molecule has 118 valence electrons. The quantitative estimate of drug-likeness (QED) is 0.876. The van der Waals surface area contributed by atoms with Gasteiger partial charge in [0.05, 0.1) is 6.07 Å². The smallest absolute Gasteiger partial charge is 0.259 e. The Morgan fingerprint density at radius 2 is 2.18 bits per heavy atom. The summed E-state index contributed by atoms with van der Waals surface area (Å²) >= 11 is 0. The van der Waals surface area contributed by atoms with Crippen LogP contribution in [0.4, 0.5) is 0 Å². The molecule has 1 saturated carbocycles. The number of aryl methyl sites for hydroxylation is 1. The van der Waals surface area contributed by atoms with Gasteiger partial charge in [-0.15, -0.1) is 0 Å². The first kappa shape index (κ1) is 16.4. The number of hydrogen-bond donors (Lipinski definition) is 1. The SMILES string of the molecule is Cc1ccc(C(C)C)cc1OCC(=O)NC(C)(C#N)C1CC1. The molecule has 1 unspecified atom stereocenters. The lowest BCUT2D eigenvalue weighted by Crippen LogP contribution is -2.48. The van der Waals surface area contributed by atoms with Gasteiger partial charge < -0.3 is 10.1 Å². The Morgan fingerprint density at radius 1 is 1.50 bits per heavy atom. The summed E-state index contributed by atoms with van der Waals surface area (Å²) in [7, 11) is 0. The van der Waals surface area contributed by atoms with E-state index in [9.17, 15) is 10.1 Å². The maximum Gasteiger partial charge on any atom is 0.259 e. The lowest BCUT2D eigenvalue weighted by atomic mass is 9.98. The maximum atomic E-state index is 12.1. The van der Waals surface area contributed by atoms with Crippen molar-refractivity contribution in [2.45, 2.75) is 52.0 Å². The molecule has 1 fully saturated rings. The fraction of sp³-hybridized carbons (Fsp3) is 0.556. The number of ether oxygens (including phenoxy) is 1. The van der Waals surface area contributed by atoms with Crippen LogP contribution in [0.25, 0.3) is 0 Å². The Bertz CT molecular complexity index is 600. The van der Waals surface area contributed by atoms with Crippen LogP contribution in [0.5, 0.6) is 5.75 Å². The summed E-state index contributed by atoms with van der Waals surface area (Å²) < 4.78 is 5.66. The second-order valence-electron chi connectivity index (χ2n) is 6.60. The van der Waals surface area contributed by atoms with E-state index in [1.807, 2.05) is 19.1 Å². The van der Waals surface area contributed by atoms with Crippen LogP contribution in [0, 0.1) is 24.2 Å². The van der Waals surface area contributed by atoms with Crippen LogP contribution in [0.2, 0.25) is 0 Å². The summed E-state index contributed by atoms with van der Waals surface area (Å²) in [6, 6.07) is 8.28. The Hall–Kier alpha value is -2.02. The number of rotatable bonds is 6. The van der Waals surface area contributed by atoms with Crippen LogP contribution < -0.4 is 10.1 Å². The van der Waals surface area contributed by atoms with E-state index in [4.69, 9.17) is 4.74 Å². The monoisotopic (exact) mass is 300 g/mol. The van der Waals surface area contributed by atoms with E-state index >= 15 is 0 Å². The molecule has 1 aromatic rings. The third-order valence-corrected chi connectivity index (χ3v) is 4.26.